The molecule has 3 atom stereocenters. The highest BCUT2D eigenvalue weighted by atomic mass is 16.5. The first kappa shape index (κ1) is 15.9. The maximum Gasteiger partial charge on any atom is 0.309 e. The molecule has 1 aromatic rings. The van der Waals surface area contributed by atoms with E-state index in [9.17, 15) is 4.79 Å². The molecule has 0 aromatic carbocycles. The van der Waals surface area contributed by atoms with Crippen LogP contribution in [0.5, 0.6) is 0 Å². The van der Waals surface area contributed by atoms with Gasteiger partial charge in [0.2, 0.25) is 0 Å². The second-order valence-electron chi connectivity index (χ2n) is 8.45. The maximum absolute atomic E-state index is 12.4. The Morgan fingerprint density at radius 2 is 2.29 bits per heavy atom. The zero-order chi connectivity index (χ0) is 16.9. The summed E-state index contributed by atoms with van der Waals surface area (Å²) in [4.78, 5) is 12.4. The summed E-state index contributed by atoms with van der Waals surface area (Å²) in [6, 6.07) is 0. The van der Waals surface area contributed by atoms with Crippen molar-refractivity contribution >= 4 is 5.97 Å². The Balaban J connectivity index is 1.28. The minimum absolute atomic E-state index is 0.00607. The number of rotatable bonds is 4. The quantitative estimate of drug-likeness (QED) is 0.628. The molecule has 4 nitrogen and oxygen atoms in total. The van der Waals surface area contributed by atoms with E-state index in [0.29, 0.717) is 17.9 Å². The van der Waals surface area contributed by atoms with Gasteiger partial charge in [-0.1, -0.05) is 25.5 Å². The molecule has 0 saturated heterocycles. The third-order valence-corrected chi connectivity index (χ3v) is 6.74. The third kappa shape index (κ3) is 2.60. The number of carbonyl (C=O) groups excluding carboxylic acids is 1. The average Bonchev–Trinajstić information content (AvgIpc) is 2.93. The fraction of sp³-hybridized carbons (Fsp3) is 0.700. The molecule has 0 amide bonds. The number of esters is 1. The molecule has 4 aliphatic rings. The van der Waals surface area contributed by atoms with Gasteiger partial charge in [0.15, 0.2) is 0 Å². The van der Waals surface area contributed by atoms with Gasteiger partial charge in [-0.15, -0.1) is 0 Å². The maximum atomic E-state index is 12.4. The molecule has 0 aliphatic heterocycles. The number of carbonyl (C=O) groups is 1. The Bertz CT molecular complexity index is 686. The molecule has 0 spiro atoms. The predicted octanol–water partition coefficient (Wildman–Crippen LogP) is 3.45. The van der Waals surface area contributed by atoms with Gasteiger partial charge in [0.1, 0.15) is 0 Å². The van der Waals surface area contributed by atoms with E-state index >= 15 is 0 Å². The molecule has 1 heterocycles. The van der Waals surface area contributed by atoms with Gasteiger partial charge in [-0.05, 0) is 54.9 Å². The summed E-state index contributed by atoms with van der Waals surface area (Å²) in [6.45, 7) is 5.31. The molecular weight excluding hydrogens is 300 g/mol. The van der Waals surface area contributed by atoms with Crippen LogP contribution in [-0.2, 0) is 29.4 Å². The van der Waals surface area contributed by atoms with Gasteiger partial charge in [-0.3, -0.25) is 9.48 Å². The van der Waals surface area contributed by atoms with E-state index in [0.717, 1.165) is 37.3 Å². The van der Waals surface area contributed by atoms with E-state index in [4.69, 9.17) is 4.74 Å². The van der Waals surface area contributed by atoms with Crippen molar-refractivity contribution in [2.45, 2.75) is 52.4 Å². The number of nitrogens with zero attached hydrogens (tertiary/aromatic N) is 2. The molecular formula is C20H28N2O2. The Hall–Kier alpha value is -1.58. The third-order valence-electron chi connectivity index (χ3n) is 6.74. The molecule has 0 radical (unpaired) electrons. The van der Waals surface area contributed by atoms with Crippen LogP contribution >= 0.6 is 0 Å². The van der Waals surface area contributed by atoms with Crippen molar-refractivity contribution in [2.24, 2.45) is 30.2 Å². The molecule has 130 valence electrons. The van der Waals surface area contributed by atoms with Gasteiger partial charge in [0.05, 0.1) is 18.2 Å². The Morgan fingerprint density at radius 3 is 3.04 bits per heavy atom. The number of fused-ring (bicyclic) bond motifs is 2. The van der Waals surface area contributed by atoms with Gasteiger partial charge < -0.3 is 4.74 Å². The molecule has 1 aromatic heterocycles. The SMILES string of the molecule is Cn1cc2c(n1)CCC(C(=O)OCCC1=CC[C@H]3C[C@@H]1C3(C)C)C2. The van der Waals surface area contributed by atoms with Crippen molar-refractivity contribution in [1.82, 2.24) is 9.78 Å². The van der Waals surface area contributed by atoms with Crippen molar-refractivity contribution in [3.8, 4) is 0 Å². The molecule has 4 heteroatoms. The van der Waals surface area contributed by atoms with Crippen LogP contribution in [0.1, 0.15) is 50.8 Å². The van der Waals surface area contributed by atoms with Crippen LogP contribution in [0.4, 0.5) is 0 Å². The highest BCUT2D eigenvalue weighted by molar-refractivity contribution is 5.73. The lowest BCUT2D eigenvalue weighted by Gasteiger charge is -2.56. The van der Waals surface area contributed by atoms with E-state index in [2.05, 4.69) is 25.0 Å². The van der Waals surface area contributed by atoms with Crippen LogP contribution in [-0.4, -0.2) is 22.4 Å². The topological polar surface area (TPSA) is 44.1 Å². The monoisotopic (exact) mass is 328 g/mol. The van der Waals surface area contributed by atoms with Crippen LogP contribution in [0.2, 0.25) is 0 Å². The lowest BCUT2D eigenvalue weighted by atomic mass is 9.48. The first-order valence-corrected chi connectivity index (χ1v) is 9.32. The fourth-order valence-corrected chi connectivity index (χ4v) is 4.99. The van der Waals surface area contributed by atoms with E-state index in [-0.39, 0.29) is 11.9 Å². The number of aromatic nitrogens is 2. The van der Waals surface area contributed by atoms with Crippen LogP contribution in [0, 0.1) is 23.2 Å². The smallest absolute Gasteiger partial charge is 0.309 e. The zero-order valence-corrected chi connectivity index (χ0v) is 15.0. The molecule has 2 bridgehead atoms. The molecule has 24 heavy (non-hydrogen) atoms. The van der Waals surface area contributed by atoms with Crippen LogP contribution in [0.25, 0.3) is 0 Å². The molecule has 4 aliphatic carbocycles. The van der Waals surface area contributed by atoms with E-state index in [1.54, 1.807) is 0 Å². The summed E-state index contributed by atoms with van der Waals surface area (Å²) >= 11 is 0. The van der Waals surface area contributed by atoms with Crippen molar-refractivity contribution in [2.75, 3.05) is 6.61 Å². The number of hydrogen-bond acceptors (Lipinski definition) is 3. The van der Waals surface area contributed by atoms with Gasteiger partial charge >= 0.3 is 5.97 Å². The number of ether oxygens (including phenoxy) is 1. The molecule has 0 N–H and O–H groups in total. The van der Waals surface area contributed by atoms with Crippen LogP contribution in [0.15, 0.2) is 17.8 Å². The summed E-state index contributed by atoms with van der Waals surface area (Å²) in [5, 5.41) is 4.45. The second-order valence-corrected chi connectivity index (χ2v) is 8.45. The van der Waals surface area contributed by atoms with E-state index < -0.39 is 0 Å². The van der Waals surface area contributed by atoms with Crippen molar-refractivity contribution in [3.63, 3.8) is 0 Å². The Kier molecular flexibility index (Phi) is 3.81. The zero-order valence-electron chi connectivity index (χ0n) is 15.0. The van der Waals surface area contributed by atoms with Gasteiger partial charge in [-0.2, -0.15) is 5.10 Å². The van der Waals surface area contributed by atoms with Crippen molar-refractivity contribution < 1.29 is 9.53 Å². The second kappa shape index (κ2) is 5.75. The molecule has 5 rings (SSSR count). The lowest BCUT2D eigenvalue weighted by Crippen LogP contribution is -2.48. The van der Waals surface area contributed by atoms with E-state index in [1.165, 1.54) is 24.0 Å². The first-order valence-electron chi connectivity index (χ1n) is 9.32. The highest BCUT2D eigenvalue weighted by Crippen LogP contribution is 2.59. The van der Waals surface area contributed by atoms with Gasteiger partial charge in [0.25, 0.3) is 0 Å². The first-order chi connectivity index (χ1) is 11.4. The van der Waals surface area contributed by atoms with Gasteiger partial charge in [0, 0.05) is 19.7 Å². The molecule has 1 saturated carbocycles. The average molecular weight is 328 g/mol. The fourth-order valence-electron chi connectivity index (χ4n) is 4.99. The Morgan fingerprint density at radius 1 is 1.46 bits per heavy atom. The highest BCUT2D eigenvalue weighted by Gasteiger charge is 2.50. The minimum atomic E-state index is -0.0216. The van der Waals surface area contributed by atoms with Crippen molar-refractivity contribution in [1.29, 1.82) is 0 Å². The Labute approximate surface area is 144 Å². The summed E-state index contributed by atoms with van der Waals surface area (Å²) in [5.41, 5.74) is 4.33. The standard InChI is InChI=1S/C20H28N2O2/c1-20(2)16-6-4-13(17(20)11-16)8-9-24-19(23)14-5-7-18-15(10-14)12-22(3)21-18/h4,12,14,16-17H,5-11H2,1-3H3/t14?,16-,17-/m0/s1. The van der Waals surface area contributed by atoms with Crippen molar-refractivity contribution in [3.05, 3.63) is 29.1 Å². The molecule has 1 unspecified atom stereocenters. The van der Waals surface area contributed by atoms with Crippen LogP contribution in [0.3, 0.4) is 0 Å². The summed E-state index contributed by atoms with van der Waals surface area (Å²) in [6.07, 6.45) is 10.4. The number of hydrogen-bond donors (Lipinski definition) is 0. The lowest BCUT2D eigenvalue weighted by molar-refractivity contribution is -0.149. The summed E-state index contributed by atoms with van der Waals surface area (Å²) in [5.74, 6) is 1.56. The van der Waals surface area contributed by atoms with Gasteiger partial charge in [-0.25, -0.2) is 0 Å². The largest absolute Gasteiger partial charge is 0.465 e. The van der Waals surface area contributed by atoms with E-state index in [1.807, 2.05) is 17.9 Å². The summed E-state index contributed by atoms with van der Waals surface area (Å²) < 4.78 is 7.48. The summed E-state index contributed by atoms with van der Waals surface area (Å²) in [7, 11) is 1.94. The number of allylic oxidation sites excluding steroid dienone is 1. The normalized spacial score (nSPS) is 30.1. The van der Waals surface area contributed by atoms with Crippen LogP contribution < -0.4 is 0 Å². The predicted molar refractivity (Wildman–Crippen MR) is 92.4 cm³/mol. The minimum Gasteiger partial charge on any atom is -0.465 e. The number of aryl methyl sites for hydroxylation is 2. The molecule has 1 fully saturated rings.